The van der Waals surface area contributed by atoms with E-state index < -0.39 is 0 Å². The SMILES string of the molecule is Cc1nn(C)c(C)c1Cn1nc(C)c(NC(=O)c2cc(COc3ccccc3Cl)cs2)c1C. The van der Waals surface area contributed by atoms with Gasteiger partial charge in [0.2, 0.25) is 0 Å². The van der Waals surface area contributed by atoms with Crippen molar-refractivity contribution in [1.29, 1.82) is 0 Å². The van der Waals surface area contributed by atoms with E-state index >= 15 is 0 Å². The molecule has 4 rings (SSSR count). The molecule has 0 aliphatic rings. The Bertz CT molecular complexity index is 1320. The molecule has 33 heavy (non-hydrogen) atoms. The Labute approximate surface area is 202 Å². The first-order chi connectivity index (χ1) is 15.7. The van der Waals surface area contributed by atoms with Crippen LogP contribution in [0.1, 0.15) is 43.6 Å². The van der Waals surface area contributed by atoms with Gasteiger partial charge in [-0.25, -0.2) is 0 Å². The molecule has 3 aromatic heterocycles. The van der Waals surface area contributed by atoms with Gasteiger partial charge in [0.05, 0.1) is 39.2 Å². The number of amides is 1. The van der Waals surface area contributed by atoms with E-state index in [1.54, 1.807) is 6.07 Å². The first kappa shape index (κ1) is 23.1. The second-order valence-electron chi connectivity index (χ2n) is 7.97. The van der Waals surface area contributed by atoms with Crippen LogP contribution < -0.4 is 10.1 Å². The van der Waals surface area contributed by atoms with Crippen LogP contribution in [0.3, 0.4) is 0 Å². The molecule has 1 amide bonds. The lowest BCUT2D eigenvalue weighted by Crippen LogP contribution is -2.12. The predicted molar refractivity (Wildman–Crippen MR) is 132 cm³/mol. The molecule has 3 heterocycles. The Morgan fingerprint density at radius 1 is 1.12 bits per heavy atom. The highest BCUT2D eigenvalue weighted by molar-refractivity contribution is 7.12. The molecule has 0 radical (unpaired) electrons. The van der Waals surface area contributed by atoms with Crippen LogP contribution in [0.15, 0.2) is 35.7 Å². The molecule has 0 saturated carbocycles. The molecule has 0 atom stereocenters. The van der Waals surface area contributed by atoms with Gasteiger partial charge >= 0.3 is 0 Å². The smallest absolute Gasteiger partial charge is 0.265 e. The number of nitrogens with zero attached hydrogens (tertiary/aromatic N) is 4. The number of hydrogen-bond acceptors (Lipinski definition) is 5. The minimum Gasteiger partial charge on any atom is -0.487 e. The molecular weight excluding hydrogens is 458 g/mol. The van der Waals surface area contributed by atoms with Crippen LogP contribution in [0.4, 0.5) is 5.69 Å². The van der Waals surface area contributed by atoms with E-state index in [1.807, 2.05) is 73.8 Å². The molecule has 9 heteroatoms. The summed E-state index contributed by atoms with van der Waals surface area (Å²) in [4.78, 5) is 13.5. The molecule has 7 nitrogen and oxygen atoms in total. The zero-order chi connectivity index (χ0) is 23.7. The van der Waals surface area contributed by atoms with E-state index in [1.165, 1.54) is 11.3 Å². The fourth-order valence-corrected chi connectivity index (χ4v) is 4.68. The number of nitrogens with one attached hydrogen (secondary N) is 1. The van der Waals surface area contributed by atoms with E-state index in [2.05, 4.69) is 15.5 Å². The van der Waals surface area contributed by atoms with Crippen molar-refractivity contribution in [3.05, 3.63) is 79.5 Å². The Hall–Kier alpha value is -3.10. The molecule has 0 spiro atoms. The number of carbonyl (C=O) groups excluding carboxylic acids is 1. The highest BCUT2D eigenvalue weighted by atomic mass is 35.5. The molecule has 1 N–H and O–H groups in total. The molecule has 1 aromatic carbocycles. The van der Waals surface area contributed by atoms with Gasteiger partial charge in [-0.15, -0.1) is 11.3 Å². The molecule has 0 fully saturated rings. The minimum absolute atomic E-state index is 0.163. The van der Waals surface area contributed by atoms with Gasteiger partial charge in [0.15, 0.2) is 0 Å². The Kier molecular flexibility index (Phi) is 6.58. The monoisotopic (exact) mass is 483 g/mol. The largest absolute Gasteiger partial charge is 0.487 e. The van der Waals surface area contributed by atoms with Gasteiger partial charge in [0, 0.05) is 23.9 Å². The van der Waals surface area contributed by atoms with Crippen molar-refractivity contribution >= 4 is 34.5 Å². The number of para-hydroxylation sites is 1. The van der Waals surface area contributed by atoms with Gasteiger partial charge in [-0.3, -0.25) is 14.2 Å². The van der Waals surface area contributed by atoms with Crippen molar-refractivity contribution in [3.63, 3.8) is 0 Å². The summed E-state index contributed by atoms with van der Waals surface area (Å²) in [5.74, 6) is 0.456. The molecular formula is C24H26ClN5O2S. The second-order valence-corrected chi connectivity index (χ2v) is 9.29. The number of aromatic nitrogens is 4. The lowest BCUT2D eigenvalue weighted by molar-refractivity contribution is 0.103. The lowest BCUT2D eigenvalue weighted by Gasteiger charge is -2.07. The number of benzene rings is 1. The topological polar surface area (TPSA) is 74.0 Å². The molecule has 0 aliphatic heterocycles. The fourth-order valence-electron chi connectivity index (χ4n) is 3.70. The van der Waals surface area contributed by atoms with Gasteiger partial charge in [-0.05, 0) is 51.3 Å². The summed E-state index contributed by atoms with van der Waals surface area (Å²) >= 11 is 7.52. The highest BCUT2D eigenvalue weighted by Crippen LogP contribution is 2.26. The number of ether oxygens (including phenoxy) is 1. The number of thiophene rings is 1. The normalized spacial score (nSPS) is 11.1. The average molecular weight is 484 g/mol. The Morgan fingerprint density at radius 3 is 2.58 bits per heavy atom. The van der Waals surface area contributed by atoms with Crippen molar-refractivity contribution in [2.75, 3.05) is 5.32 Å². The maximum atomic E-state index is 12.9. The maximum Gasteiger partial charge on any atom is 0.265 e. The first-order valence-corrected chi connectivity index (χ1v) is 11.8. The van der Waals surface area contributed by atoms with E-state index in [0.29, 0.717) is 28.8 Å². The van der Waals surface area contributed by atoms with Crippen molar-refractivity contribution in [1.82, 2.24) is 19.6 Å². The number of rotatable bonds is 7. The van der Waals surface area contributed by atoms with Gasteiger partial charge in [0.25, 0.3) is 5.91 Å². The zero-order valence-electron chi connectivity index (χ0n) is 19.3. The van der Waals surface area contributed by atoms with Crippen molar-refractivity contribution in [2.24, 2.45) is 7.05 Å². The Balaban J connectivity index is 1.45. The van der Waals surface area contributed by atoms with Crippen LogP contribution in [0.5, 0.6) is 5.75 Å². The molecule has 0 aliphatic carbocycles. The fraction of sp³-hybridized carbons (Fsp3) is 0.292. The second kappa shape index (κ2) is 9.41. The molecule has 4 aromatic rings. The summed E-state index contributed by atoms with van der Waals surface area (Å²) in [6.45, 7) is 8.87. The quantitative estimate of drug-likeness (QED) is 0.379. The minimum atomic E-state index is -0.163. The van der Waals surface area contributed by atoms with Crippen LogP contribution in [-0.4, -0.2) is 25.5 Å². The van der Waals surface area contributed by atoms with Gasteiger partial charge < -0.3 is 10.1 Å². The number of halogens is 1. The number of carbonyl (C=O) groups is 1. The predicted octanol–water partition coefficient (Wildman–Crippen LogP) is 5.44. The van der Waals surface area contributed by atoms with Crippen molar-refractivity contribution < 1.29 is 9.53 Å². The summed E-state index contributed by atoms with van der Waals surface area (Å²) in [5, 5.41) is 14.7. The first-order valence-electron chi connectivity index (χ1n) is 10.5. The van der Waals surface area contributed by atoms with Gasteiger partial charge in [-0.1, -0.05) is 23.7 Å². The molecule has 0 saturated heterocycles. The van der Waals surface area contributed by atoms with Gasteiger partial charge in [-0.2, -0.15) is 10.2 Å². The number of anilines is 1. The van der Waals surface area contributed by atoms with Crippen LogP contribution in [0, 0.1) is 27.7 Å². The average Bonchev–Trinajstić information content (AvgIpc) is 3.43. The lowest BCUT2D eigenvalue weighted by atomic mass is 10.2. The van der Waals surface area contributed by atoms with E-state index in [0.717, 1.165) is 39.6 Å². The van der Waals surface area contributed by atoms with E-state index in [4.69, 9.17) is 16.3 Å². The summed E-state index contributed by atoms with van der Waals surface area (Å²) < 4.78 is 9.57. The van der Waals surface area contributed by atoms with Crippen molar-refractivity contribution in [2.45, 2.75) is 40.8 Å². The summed E-state index contributed by atoms with van der Waals surface area (Å²) in [7, 11) is 1.94. The summed E-state index contributed by atoms with van der Waals surface area (Å²) in [5.41, 5.74) is 6.57. The van der Waals surface area contributed by atoms with Crippen LogP contribution in [0.25, 0.3) is 0 Å². The molecule has 0 bridgehead atoms. The third kappa shape index (κ3) is 4.82. The zero-order valence-corrected chi connectivity index (χ0v) is 20.8. The van der Waals surface area contributed by atoms with E-state index in [-0.39, 0.29) is 5.91 Å². The molecule has 172 valence electrons. The highest BCUT2D eigenvalue weighted by Gasteiger charge is 2.19. The van der Waals surface area contributed by atoms with Crippen LogP contribution >= 0.6 is 22.9 Å². The molecule has 0 unspecified atom stereocenters. The summed E-state index contributed by atoms with van der Waals surface area (Å²) in [6, 6.07) is 9.17. The third-order valence-electron chi connectivity index (χ3n) is 5.70. The number of aryl methyl sites for hydroxylation is 3. The van der Waals surface area contributed by atoms with Crippen LogP contribution in [0.2, 0.25) is 5.02 Å². The number of hydrogen-bond donors (Lipinski definition) is 1. The standard InChI is InChI=1S/C24H26ClN5O2S/c1-14-19(16(3)29(5)27-14)11-30-17(4)23(15(2)28-30)26-24(31)22-10-18(13-33-22)12-32-21-9-7-6-8-20(21)25/h6-10,13H,11-12H2,1-5H3,(H,26,31). The van der Waals surface area contributed by atoms with Gasteiger partial charge in [0.1, 0.15) is 12.4 Å². The Morgan fingerprint density at radius 2 is 1.88 bits per heavy atom. The third-order valence-corrected chi connectivity index (χ3v) is 6.99. The maximum absolute atomic E-state index is 12.9. The van der Waals surface area contributed by atoms with Crippen molar-refractivity contribution in [3.8, 4) is 5.75 Å². The van der Waals surface area contributed by atoms with E-state index in [9.17, 15) is 4.79 Å². The summed E-state index contributed by atoms with van der Waals surface area (Å²) in [6.07, 6.45) is 0. The van der Waals surface area contributed by atoms with Crippen LogP contribution in [-0.2, 0) is 20.2 Å².